The number of carboxylic acids is 1. The lowest BCUT2D eigenvalue weighted by molar-refractivity contribution is -0.864. The van der Waals surface area contributed by atoms with Gasteiger partial charge >= 0.3 is 10.1 Å². The molecule has 0 radical (unpaired) electrons. The second-order valence-corrected chi connectivity index (χ2v) is 10.0. The van der Waals surface area contributed by atoms with Crippen molar-refractivity contribution in [3.05, 3.63) is 28.2 Å². The van der Waals surface area contributed by atoms with Crippen molar-refractivity contribution in [3.63, 3.8) is 0 Å². The third-order valence-electron chi connectivity index (χ3n) is 3.36. The standard InChI is InChI=1S/C11H12ClNO3S2.C5H11NO2/c1-3-11(18(14,15)16)13-7(2)17-10-5-4-8(12)6-9(10)13;1-6(2,3)4-5(7)8/h4-6,11H,3H2,1-2H3;4H2,1-3H3/p+1. The van der Waals surface area contributed by atoms with Crippen LogP contribution in [-0.4, -0.2) is 51.1 Å². The molecule has 146 valence electrons. The third-order valence-corrected chi connectivity index (χ3v) is 5.89. The van der Waals surface area contributed by atoms with Gasteiger partial charge in [0.15, 0.2) is 0 Å². The Morgan fingerprint density at radius 3 is 2.35 bits per heavy atom. The SMILES string of the molecule is CCC([n+]1c(C)sc2ccc(Cl)cc21)S(=O)(=O)O.C[N+](C)(C)CC(=O)[O-]. The number of rotatable bonds is 5. The van der Waals surface area contributed by atoms with Crippen LogP contribution in [0.15, 0.2) is 18.2 Å². The number of aromatic nitrogens is 1. The highest BCUT2D eigenvalue weighted by Gasteiger charge is 2.35. The molecule has 0 bridgehead atoms. The highest BCUT2D eigenvalue weighted by Crippen LogP contribution is 2.26. The summed E-state index contributed by atoms with van der Waals surface area (Å²) in [4.78, 5) is 9.89. The maximum absolute atomic E-state index is 11.4. The molecule has 1 aromatic carbocycles. The van der Waals surface area contributed by atoms with Crippen molar-refractivity contribution >= 4 is 49.2 Å². The fraction of sp³-hybridized carbons (Fsp3) is 0.500. The van der Waals surface area contributed by atoms with E-state index in [0.29, 0.717) is 15.9 Å². The number of aliphatic carboxylic acids is 1. The first-order chi connectivity index (χ1) is 11.8. The predicted molar refractivity (Wildman–Crippen MR) is 101 cm³/mol. The number of carboxylic acid groups (broad SMARTS) is 1. The van der Waals surface area contributed by atoms with Gasteiger partial charge in [-0.2, -0.15) is 13.0 Å². The Balaban J connectivity index is 0.000000359. The summed E-state index contributed by atoms with van der Waals surface area (Å²) in [6, 6.07) is 5.33. The number of hydrogen-bond acceptors (Lipinski definition) is 5. The van der Waals surface area contributed by atoms with E-state index in [-0.39, 0.29) is 6.54 Å². The lowest BCUT2D eigenvalue weighted by atomic mass is 10.3. The van der Waals surface area contributed by atoms with Crippen LogP contribution < -0.4 is 9.67 Å². The van der Waals surface area contributed by atoms with Crippen LogP contribution in [0.2, 0.25) is 5.02 Å². The molecule has 10 heteroatoms. The molecule has 0 spiro atoms. The van der Waals surface area contributed by atoms with E-state index in [1.54, 1.807) is 44.8 Å². The van der Waals surface area contributed by atoms with Crippen LogP contribution in [0, 0.1) is 6.92 Å². The Labute approximate surface area is 162 Å². The lowest BCUT2D eigenvalue weighted by Gasteiger charge is -2.23. The molecule has 2 aromatic rings. The number of likely N-dealkylation sites (N-methyl/N-ethyl adjacent to an activating group) is 1. The van der Waals surface area contributed by atoms with E-state index in [9.17, 15) is 22.9 Å². The van der Waals surface area contributed by atoms with Gasteiger partial charge in [-0.05, 0) is 12.1 Å². The van der Waals surface area contributed by atoms with Crippen LogP contribution >= 0.6 is 22.9 Å². The molecule has 1 N–H and O–H groups in total. The molecule has 0 aliphatic rings. The smallest absolute Gasteiger partial charge is 0.329 e. The van der Waals surface area contributed by atoms with Gasteiger partial charge in [0.25, 0.3) is 5.37 Å². The quantitative estimate of drug-likeness (QED) is 0.445. The number of nitrogens with zero attached hydrogens (tertiary/aromatic N) is 2. The Bertz CT molecular complexity index is 888. The van der Waals surface area contributed by atoms with Gasteiger partial charge in [0.05, 0.1) is 27.1 Å². The van der Waals surface area contributed by atoms with Gasteiger partial charge < -0.3 is 14.4 Å². The second-order valence-electron chi connectivity index (χ2n) is 6.80. The maximum Gasteiger partial charge on any atom is 0.329 e. The van der Waals surface area contributed by atoms with E-state index >= 15 is 0 Å². The average Bonchev–Trinajstić information content (AvgIpc) is 2.72. The Morgan fingerprint density at radius 2 is 1.96 bits per heavy atom. The van der Waals surface area contributed by atoms with E-state index in [0.717, 1.165) is 15.2 Å². The largest absolute Gasteiger partial charge is 0.544 e. The Morgan fingerprint density at radius 1 is 1.38 bits per heavy atom. The zero-order valence-electron chi connectivity index (χ0n) is 15.4. The number of hydrogen-bond donors (Lipinski definition) is 1. The fourth-order valence-electron chi connectivity index (χ4n) is 2.41. The molecule has 1 heterocycles. The summed E-state index contributed by atoms with van der Waals surface area (Å²) in [6.45, 7) is 3.62. The molecule has 7 nitrogen and oxygen atoms in total. The number of carbonyl (C=O) groups excluding carboxylic acids is 1. The van der Waals surface area contributed by atoms with Crippen LogP contribution in [-0.2, 0) is 14.9 Å². The Kier molecular flexibility index (Phi) is 7.55. The molecular formula is C16H24ClN2O5S2+. The van der Waals surface area contributed by atoms with Gasteiger partial charge in [0.2, 0.25) is 10.5 Å². The van der Waals surface area contributed by atoms with Crippen molar-refractivity contribution in [2.45, 2.75) is 25.6 Å². The van der Waals surface area contributed by atoms with Crippen molar-refractivity contribution in [3.8, 4) is 0 Å². The van der Waals surface area contributed by atoms with Gasteiger partial charge in [-0.3, -0.25) is 4.55 Å². The number of fused-ring (bicyclic) bond motifs is 1. The van der Waals surface area contributed by atoms with E-state index in [1.807, 2.05) is 13.0 Å². The molecule has 0 amide bonds. The highest BCUT2D eigenvalue weighted by molar-refractivity contribution is 7.85. The predicted octanol–water partition coefficient (Wildman–Crippen LogP) is 1.39. The minimum atomic E-state index is -4.14. The Hall–Kier alpha value is -1.26. The molecule has 1 aromatic heterocycles. The summed E-state index contributed by atoms with van der Waals surface area (Å²) in [7, 11) is 1.27. The number of aryl methyl sites for hydroxylation is 1. The van der Waals surface area contributed by atoms with Gasteiger partial charge in [-0.1, -0.05) is 29.9 Å². The third kappa shape index (κ3) is 6.48. The van der Waals surface area contributed by atoms with Crippen molar-refractivity contribution in [1.82, 2.24) is 0 Å². The van der Waals surface area contributed by atoms with Crippen LogP contribution in [0.25, 0.3) is 10.2 Å². The highest BCUT2D eigenvalue weighted by atomic mass is 35.5. The van der Waals surface area contributed by atoms with E-state index < -0.39 is 21.5 Å². The zero-order chi connectivity index (χ0) is 20.3. The summed E-state index contributed by atoms with van der Waals surface area (Å²) in [6.07, 6.45) is 0.294. The molecule has 0 aliphatic heterocycles. The first-order valence-electron chi connectivity index (χ1n) is 7.83. The summed E-state index contributed by atoms with van der Waals surface area (Å²) < 4.78 is 35.2. The molecule has 2 rings (SSSR count). The summed E-state index contributed by atoms with van der Waals surface area (Å²) in [5, 5.41) is 10.3. The van der Waals surface area contributed by atoms with Crippen molar-refractivity contribution < 1.29 is 31.9 Å². The maximum atomic E-state index is 11.4. The van der Waals surface area contributed by atoms with E-state index in [1.165, 1.54) is 11.3 Å². The van der Waals surface area contributed by atoms with Crippen LogP contribution in [0.4, 0.5) is 0 Å². The molecule has 0 aliphatic carbocycles. The molecule has 26 heavy (non-hydrogen) atoms. The molecule has 1 unspecified atom stereocenters. The van der Waals surface area contributed by atoms with Gasteiger partial charge in [0, 0.05) is 24.4 Å². The van der Waals surface area contributed by atoms with Gasteiger partial charge in [-0.25, -0.2) is 0 Å². The first-order valence-corrected chi connectivity index (χ1v) is 10.5. The van der Waals surface area contributed by atoms with E-state index in [2.05, 4.69) is 0 Å². The molecule has 0 fully saturated rings. The normalized spacial score (nSPS) is 13.2. The molecule has 0 saturated heterocycles. The lowest BCUT2D eigenvalue weighted by Crippen LogP contribution is -2.45. The monoisotopic (exact) mass is 423 g/mol. The van der Waals surface area contributed by atoms with Crippen molar-refractivity contribution in [1.29, 1.82) is 0 Å². The number of thiazole rings is 1. The first kappa shape index (κ1) is 22.8. The summed E-state index contributed by atoms with van der Waals surface area (Å²) in [5.74, 6) is -1.00. The van der Waals surface area contributed by atoms with Crippen LogP contribution in [0.5, 0.6) is 0 Å². The van der Waals surface area contributed by atoms with Crippen molar-refractivity contribution in [2.75, 3.05) is 27.7 Å². The second kappa shape index (κ2) is 8.62. The minimum Gasteiger partial charge on any atom is -0.544 e. The molecular weight excluding hydrogens is 400 g/mol. The van der Waals surface area contributed by atoms with Crippen LogP contribution in [0.3, 0.4) is 0 Å². The summed E-state index contributed by atoms with van der Waals surface area (Å²) >= 11 is 7.42. The summed E-state index contributed by atoms with van der Waals surface area (Å²) in [5.41, 5.74) is 0.731. The number of halogens is 1. The minimum absolute atomic E-state index is 0.0694. The molecule has 1 atom stereocenters. The van der Waals surface area contributed by atoms with Gasteiger partial charge in [-0.15, -0.1) is 0 Å². The zero-order valence-corrected chi connectivity index (χ0v) is 17.8. The van der Waals surface area contributed by atoms with E-state index in [4.69, 9.17) is 11.6 Å². The number of benzene rings is 1. The molecule has 0 saturated carbocycles. The number of carbonyl (C=O) groups is 1. The van der Waals surface area contributed by atoms with Crippen LogP contribution in [0.1, 0.15) is 23.7 Å². The van der Waals surface area contributed by atoms with Crippen molar-refractivity contribution in [2.24, 2.45) is 0 Å². The van der Waals surface area contributed by atoms with Gasteiger partial charge in [0.1, 0.15) is 11.2 Å². The average molecular weight is 424 g/mol. The number of quaternary nitrogens is 1. The fourth-order valence-corrected chi connectivity index (χ4v) is 4.65. The topological polar surface area (TPSA) is 98.4 Å².